The molecule has 5 heteroatoms. The van der Waals surface area contributed by atoms with E-state index in [0.29, 0.717) is 16.1 Å². The number of hydrogen-bond acceptors (Lipinski definition) is 2. The molecule has 1 unspecified atom stereocenters. The first kappa shape index (κ1) is 20.2. The molecular weight excluding hydrogens is 396 g/mol. The summed E-state index contributed by atoms with van der Waals surface area (Å²) in [6.45, 7) is 0. The minimum absolute atomic E-state index is 0.221. The van der Waals surface area contributed by atoms with Crippen LogP contribution in [0.1, 0.15) is 52.0 Å². The zero-order chi connectivity index (χ0) is 21.1. The van der Waals surface area contributed by atoms with E-state index in [1.807, 2.05) is 66.7 Å². The molecule has 0 bridgehead atoms. The zero-order valence-electron chi connectivity index (χ0n) is 16.5. The highest BCUT2D eigenvalue weighted by molar-refractivity contribution is 6.30. The molecule has 4 nitrogen and oxygen atoms in total. The van der Waals surface area contributed by atoms with Gasteiger partial charge >= 0.3 is 0 Å². The Morgan fingerprint density at radius 3 is 2.30 bits per heavy atom. The van der Waals surface area contributed by atoms with Crippen LogP contribution in [0.15, 0.2) is 78.9 Å². The van der Waals surface area contributed by atoms with Crippen molar-refractivity contribution in [3.05, 3.63) is 106 Å². The third-order valence-corrected chi connectivity index (χ3v) is 5.88. The van der Waals surface area contributed by atoms with E-state index < -0.39 is 11.9 Å². The summed E-state index contributed by atoms with van der Waals surface area (Å²) in [5, 5.41) is 0.614. The number of carbonyl (C=O) groups excluding carboxylic acids is 2. The maximum absolute atomic E-state index is 13.7. The second-order valence-corrected chi connectivity index (χ2v) is 7.98. The van der Waals surface area contributed by atoms with Gasteiger partial charge in [0.2, 0.25) is 5.91 Å². The Hall–Kier alpha value is -3.11. The Bertz CT molecular complexity index is 1050. The van der Waals surface area contributed by atoms with Crippen molar-refractivity contribution in [2.45, 2.75) is 31.3 Å². The van der Waals surface area contributed by atoms with Crippen LogP contribution >= 0.6 is 11.6 Å². The molecule has 0 heterocycles. The van der Waals surface area contributed by atoms with Crippen LogP contribution in [0.5, 0.6) is 0 Å². The smallest absolute Gasteiger partial charge is 0.255 e. The van der Waals surface area contributed by atoms with Crippen LogP contribution in [0.4, 0.5) is 0 Å². The highest BCUT2D eigenvalue weighted by atomic mass is 35.5. The summed E-state index contributed by atoms with van der Waals surface area (Å²) in [4.78, 5) is 28.1. The predicted octanol–water partition coefficient (Wildman–Crippen LogP) is 5.09. The van der Waals surface area contributed by atoms with Gasteiger partial charge in [0, 0.05) is 10.6 Å². The number of benzene rings is 3. The molecular formula is C25H23ClN2O2. The van der Waals surface area contributed by atoms with Gasteiger partial charge in [0.05, 0.1) is 6.04 Å². The quantitative estimate of drug-likeness (QED) is 0.627. The van der Waals surface area contributed by atoms with Crippen molar-refractivity contribution in [3.8, 4) is 0 Å². The summed E-state index contributed by atoms with van der Waals surface area (Å²) in [6.07, 6.45) is 2.57. The summed E-state index contributed by atoms with van der Waals surface area (Å²) in [6, 6.07) is 22.9. The molecule has 2 atom stereocenters. The van der Waals surface area contributed by atoms with E-state index in [1.54, 1.807) is 17.0 Å². The summed E-state index contributed by atoms with van der Waals surface area (Å²) >= 11 is 6.31. The highest BCUT2D eigenvalue weighted by Gasteiger charge is 2.38. The van der Waals surface area contributed by atoms with Crippen molar-refractivity contribution in [1.29, 1.82) is 0 Å². The Balaban J connectivity index is 1.88. The van der Waals surface area contributed by atoms with Crippen molar-refractivity contribution >= 4 is 23.4 Å². The molecule has 4 rings (SSSR count). The molecule has 0 radical (unpaired) electrons. The van der Waals surface area contributed by atoms with Gasteiger partial charge in [0.15, 0.2) is 0 Å². The van der Waals surface area contributed by atoms with E-state index in [1.165, 1.54) is 0 Å². The summed E-state index contributed by atoms with van der Waals surface area (Å²) < 4.78 is 0. The van der Waals surface area contributed by atoms with E-state index >= 15 is 0 Å². The lowest BCUT2D eigenvalue weighted by molar-refractivity contribution is -0.123. The summed E-state index contributed by atoms with van der Waals surface area (Å²) in [7, 11) is 0. The third-order valence-electron chi connectivity index (χ3n) is 5.64. The Morgan fingerprint density at radius 2 is 1.63 bits per heavy atom. The standard InChI is InChI=1S/C25H23ClN2O2/c26-20-15-14-17-12-7-13-22(21(17)16-20)28(25(30)19-10-5-2-6-11-19)23(24(27)29)18-8-3-1-4-9-18/h1-6,8-11,14-16,22-23H,7,12-13H2,(H2,27,29)/t22-,23?/m1/s1. The van der Waals surface area contributed by atoms with E-state index in [0.717, 1.165) is 30.4 Å². The van der Waals surface area contributed by atoms with Gasteiger partial charge in [-0.1, -0.05) is 66.2 Å². The fraction of sp³-hybridized carbons (Fsp3) is 0.200. The molecule has 3 aromatic rings. The molecule has 1 aliphatic rings. The van der Waals surface area contributed by atoms with E-state index in [4.69, 9.17) is 17.3 Å². The monoisotopic (exact) mass is 418 g/mol. The van der Waals surface area contributed by atoms with Crippen LogP contribution in [0.25, 0.3) is 0 Å². The Morgan fingerprint density at radius 1 is 0.967 bits per heavy atom. The molecule has 0 aromatic heterocycles. The first-order valence-electron chi connectivity index (χ1n) is 10.1. The average Bonchev–Trinajstić information content (AvgIpc) is 2.77. The molecule has 3 aromatic carbocycles. The third kappa shape index (κ3) is 3.96. The number of primary amides is 1. The number of rotatable bonds is 5. The van der Waals surface area contributed by atoms with Crippen molar-refractivity contribution in [2.24, 2.45) is 5.73 Å². The number of carbonyl (C=O) groups is 2. The van der Waals surface area contributed by atoms with Crippen LogP contribution in [-0.4, -0.2) is 16.7 Å². The molecule has 0 saturated carbocycles. The molecule has 0 saturated heterocycles. The van der Waals surface area contributed by atoms with Crippen molar-refractivity contribution in [1.82, 2.24) is 4.90 Å². The number of aryl methyl sites for hydroxylation is 1. The molecule has 1 aliphatic carbocycles. The Labute approximate surface area is 181 Å². The maximum atomic E-state index is 13.7. The van der Waals surface area contributed by atoms with Gasteiger partial charge in [0.1, 0.15) is 6.04 Å². The number of fused-ring (bicyclic) bond motifs is 1. The lowest BCUT2D eigenvalue weighted by Gasteiger charge is -2.40. The van der Waals surface area contributed by atoms with Gasteiger partial charge in [-0.15, -0.1) is 0 Å². The van der Waals surface area contributed by atoms with Crippen molar-refractivity contribution < 1.29 is 9.59 Å². The molecule has 0 spiro atoms. The summed E-state index contributed by atoms with van der Waals surface area (Å²) in [5.74, 6) is -0.777. The normalized spacial score (nSPS) is 16.4. The fourth-order valence-corrected chi connectivity index (χ4v) is 4.48. The molecule has 152 valence electrons. The largest absolute Gasteiger partial charge is 0.368 e. The molecule has 30 heavy (non-hydrogen) atoms. The van der Waals surface area contributed by atoms with Crippen molar-refractivity contribution in [3.63, 3.8) is 0 Å². The van der Waals surface area contributed by atoms with E-state index in [9.17, 15) is 9.59 Å². The second kappa shape index (κ2) is 8.72. The molecule has 2 N–H and O–H groups in total. The number of hydrogen-bond donors (Lipinski definition) is 1. The Kier molecular flexibility index (Phi) is 5.86. The van der Waals surface area contributed by atoms with Gasteiger partial charge in [0.25, 0.3) is 5.91 Å². The lowest BCUT2D eigenvalue weighted by atomic mass is 9.85. The SMILES string of the molecule is NC(=O)C(c1ccccc1)N(C(=O)c1ccccc1)[C@@H]1CCCc2ccc(Cl)cc21. The predicted molar refractivity (Wildman–Crippen MR) is 118 cm³/mol. The van der Waals surface area contributed by atoms with Gasteiger partial charge in [-0.2, -0.15) is 0 Å². The first-order chi connectivity index (χ1) is 14.6. The van der Waals surface area contributed by atoms with Gasteiger partial charge in [-0.05, 0) is 60.2 Å². The lowest BCUT2D eigenvalue weighted by Crippen LogP contribution is -2.44. The van der Waals surface area contributed by atoms with Crippen LogP contribution in [0.3, 0.4) is 0 Å². The number of nitrogens with zero attached hydrogens (tertiary/aromatic N) is 1. The van der Waals surface area contributed by atoms with Crippen LogP contribution in [0, 0.1) is 0 Å². The second-order valence-electron chi connectivity index (χ2n) is 7.55. The van der Waals surface area contributed by atoms with Crippen LogP contribution < -0.4 is 5.73 Å². The maximum Gasteiger partial charge on any atom is 0.255 e. The summed E-state index contributed by atoms with van der Waals surface area (Å²) in [5.41, 5.74) is 9.24. The number of amides is 2. The molecule has 2 amide bonds. The topological polar surface area (TPSA) is 63.4 Å². The van der Waals surface area contributed by atoms with Crippen LogP contribution in [0.2, 0.25) is 5.02 Å². The van der Waals surface area contributed by atoms with Crippen molar-refractivity contribution in [2.75, 3.05) is 0 Å². The molecule has 0 aliphatic heterocycles. The van der Waals surface area contributed by atoms with Gasteiger partial charge in [-0.3, -0.25) is 9.59 Å². The molecule has 0 fully saturated rings. The zero-order valence-corrected chi connectivity index (χ0v) is 17.3. The number of nitrogens with two attached hydrogens (primary N) is 1. The average molecular weight is 419 g/mol. The fourth-order valence-electron chi connectivity index (χ4n) is 4.30. The highest BCUT2D eigenvalue weighted by Crippen LogP contribution is 2.41. The minimum Gasteiger partial charge on any atom is -0.368 e. The first-order valence-corrected chi connectivity index (χ1v) is 10.4. The van der Waals surface area contributed by atoms with Gasteiger partial charge in [-0.25, -0.2) is 0 Å². The van der Waals surface area contributed by atoms with Crippen LogP contribution in [-0.2, 0) is 11.2 Å². The minimum atomic E-state index is -0.881. The van der Waals surface area contributed by atoms with Gasteiger partial charge < -0.3 is 10.6 Å². The number of halogens is 1. The van der Waals surface area contributed by atoms with E-state index in [2.05, 4.69) is 0 Å². The van der Waals surface area contributed by atoms with E-state index in [-0.39, 0.29) is 11.9 Å².